The van der Waals surface area contributed by atoms with Crippen LogP contribution in [-0.4, -0.2) is 53.0 Å². The van der Waals surface area contributed by atoms with Gasteiger partial charge in [0.1, 0.15) is 12.1 Å². The fourth-order valence-corrected chi connectivity index (χ4v) is 5.08. The van der Waals surface area contributed by atoms with E-state index >= 15 is 0 Å². The minimum atomic E-state index is -1.17. The van der Waals surface area contributed by atoms with Gasteiger partial charge in [-0.05, 0) is 35.4 Å². The van der Waals surface area contributed by atoms with Gasteiger partial charge in [0.2, 0.25) is 0 Å². The summed E-state index contributed by atoms with van der Waals surface area (Å²) in [5.41, 5.74) is 1.61. The van der Waals surface area contributed by atoms with Crippen LogP contribution in [0.3, 0.4) is 0 Å². The van der Waals surface area contributed by atoms with Gasteiger partial charge in [-0.25, -0.2) is 18.8 Å². The second-order valence-electron chi connectivity index (χ2n) is 9.05. The first-order chi connectivity index (χ1) is 19.2. The molecule has 4 aromatic rings. The van der Waals surface area contributed by atoms with Crippen molar-refractivity contribution in [3.63, 3.8) is 0 Å². The van der Waals surface area contributed by atoms with Crippen molar-refractivity contribution in [1.29, 1.82) is 0 Å². The summed E-state index contributed by atoms with van der Waals surface area (Å²) in [5.74, 6) is -2.31. The Labute approximate surface area is 226 Å². The first-order valence-corrected chi connectivity index (χ1v) is 12.1. The third-order valence-electron chi connectivity index (χ3n) is 6.91. The summed E-state index contributed by atoms with van der Waals surface area (Å²) >= 11 is 0. The van der Waals surface area contributed by atoms with Gasteiger partial charge in [0.05, 0.1) is 24.7 Å². The van der Waals surface area contributed by atoms with Crippen LogP contribution in [0, 0.1) is 15.9 Å². The number of aromatic nitrogens is 1. The normalized spacial score (nSPS) is 16.2. The summed E-state index contributed by atoms with van der Waals surface area (Å²) in [4.78, 5) is 54.3. The molecule has 0 aliphatic carbocycles. The number of hydrogen-bond acceptors (Lipinski definition) is 7. The number of ether oxygens (including phenoxy) is 2. The summed E-state index contributed by atoms with van der Waals surface area (Å²) in [6.45, 7) is 0. The largest absolute Gasteiger partial charge is 0.467 e. The number of carbonyl (C=O) groups excluding carboxylic acids is 3. The van der Waals surface area contributed by atoms with Gasteiger partial charge in [0, 0.05) is 29.1 Å². The summed E-state index contributed by atoms with van der Waals surface area (Å²) in [6.07, 6.45) is 0.0650. The fraction of sp³-hybridized carbons (Fsp3) is 0.179. The van der Waals surface area contributed by atoms with Gasteiger partial charge in [-0.1, -0.05) is 36.4 Å². The van der Waals surface area contributed by atoms with Gasteiger partial charge in [-0.15, -0.1) is 0 Å². The molecule has 2 amide bonds. The maximum atomic E-state index is 14.7. The van der Waals surface area contributed by atoms with Crippen LogP contribution < -0.4 is 5.32 Å². The van der Waals surface area contributed by atoms with Crippen molar-refractivity contribution in [3.8, 4) is 0 Å². The molecule has 204 valence electrons. The topological polar surface area (TPSA) is 144 Å². The molecule has 40 heavy (non-hydrogen) atoms. The van der Waals surface area contributed by atoms with Crippen LogP contribution >= 0.6 is 0 Å². The van der Waals surface area contributed by atoms with E-state index in [9.17, 15) is 28.9 Å². The highest BCUT2D eigenvalue weighted by Gasteiger charge is 2.44. The van der Waals surface area contributed by atoms with Gasteiger partial charge in [-0.3, -0.25) is 20.3 Å². The number of para-hydroxylation sites is 2. The van der Waals surface area contributed by atoms with E-state index in [2.05, 4.69) is 10.3 Å². The van der Waals surface area contributed by atoms with Crippen LogP contribution in [0.2, 0.25) is 0 Å². The lowest BCUT2D eigenvalue weighted by molar-refractivity contribution is -0.384. The van der Waals surface area contributed by atoms with E-state index in [4.69, 9.17) is 9.47 Å². The Morgan fingerprint density at radius 1 is 1.02 bits per heavy atom. The molecule has 11 nitrogen and oxygen atoms in total. The molecule has 1 aliphatic rings. The Kier molecular flexibility index (Phi) is 6.91. The lowest BCUT2D eigenvalue weighted by atomic mass is 9.88. The zero-order chi connectivity index (χ0) is 28.6. The number of aromatic amines is 1. The highest BCUT2D eigenvalue weighted by molar-refractivity contribution is 5.97. The highest BCUT2D eigenvalue weighted by Crippen LogP contribution is 2.42. The van der Waals surface area contributed by atoms with Gasteiger partial charge in [0.15, 0.2) is 11.5 Å². The minimum Gasteiger partial charge on any atom is -0.467 e. The number of methoxy groups -OCH3 is 2. The number of urea groups is 1. The highest BCUT2D eigenvalue weighted by atomic mass is 19.1. The smallest absolute Gasteiger partial charge is 0.337 e. The molecule has 0 fully saturated rings. The number of benzene rings is 3. The van der Waals surface area contributed by atoms with Crippen molar-refractivity contribution in [1.82, 2.24) is 9.88 Å². The van der Waals surface area contributed by atoms with Gasteiger partial charge in [-0.2, -0.15) is 0 Å². The lowest BCUT2D eigenvalue weighted by Crippen LogP contribution is -2.53. The van der Waals surface area contributed by atoms with Crippen molar-refractivity contribution in [3.05, 3.63) is 105 Å². The predicted molar refractivity (Wildman–Crippen MR) is 141 cm³/mol. The van der Waals surface area contributed by atoms with E-state index in [-0.39, 0.29) is 12.0 Å². The van der Waals surface area contributed by atoms with Crippen molar-refractivity contribution < 1.29 is 33.2 Å². The van der Waals surface area contributed by atoms with E-state index in [1.807, 2.05) is 24.3 Å². The molecule has 3 aromatic carbocycles. The number of nitrogens with zero attached hydrogens (tertiary/aromatic N) is 2. The first kappa shape index (κ1) is 26.4. The minimum absolute atomic E-state index is 0.0650. The molecule has 0 radical (unpaired) electrons. The summed E-state index contributed by atoms with van der Waals surface area (Å²) < 4.78 is 24.6. The molecule has 1 aliphatic heterocycles. The van der Waals surface area contributed by atoms with E-state index in [1.54, 1.807) is 12.1 Å². The molecule has 2 heterocycles. The van der Waals surface area contributed by atoms with Gasteiger partial charge < -0.3 is 14.5 Å². The number of H-pyrrole nitrogens is 1. The number of esters is 2. The number of carbonyl (C=O) groups is 3. The van der Waals surface area contributed by atoms with Crippen molar-refractivity contribution in [2.75, 3.05) is 19.5 Å². The third-order valence-corrected chi connectivity index (χ3v) is 6.91. The Morgan fingerprint density at radius 2 is 1.75 bits per heavy atom. The summed E-state index contributed by atoms with van der Waals surface area (Å²) in [5, 5.41) is 14.7. The SMILES string of the molecule is COC(=O)c1ccc(C2c3[nH]c4ccccc4c3CC(C(=O)OC)N2C(=O)Nc2c(F)cccc2[N+](=O)[O-])cc1. The molecule has 5 rings (SSSR count). The number of amides is 2. The monoisotopic (exact) mass is 546 g/mol. The van der Waals surface area contributed by atoms with E-state index in [1.165, 1.54) is 31.3 Å². The van der Waals surface area contributed by atoms with Crippen LogP contribution in [0.15, 0.2) is 66.7 Å². The molecular formula is C28H23FN4O7. The molecule has 0 saturated carbocycles. The number of anilines is 1. The standard InChI is InChI=1S/C28H23FN4O7/c1-39-26(34)16-12-10-15(11-13-16)25-23-18(17-6-3-4-8-20(17)30-23)14-22(27(35)40-2)32(25)28(36)31-24-19(29)7-5-9-21(24)33(37)38/h3-13,22,25,30H,14H2,1-2H3,(H,31,36). The molecule has 0 spiro atoms. The zero-order valence-electron chi connectivity index (χ0n) is 21.3. The number of halogens is 1. The zero-order valence-corrected chi connectivity index (χ0v) is 21.3. The Bertz CT molecular complexity index is 1650. The lowest BCUT2D eigenvalue weighted by Gasteiger charge is -2.40. The maximum absolute atomic E-state index is 14.7. The molecule has 2 unspecified atom stereocenters. The molecule has 2 N–H and O–H groups in total. The summed E-state index contributed by atoms with van der Waals surface area (Å²) in [6, 6.07) is 13.8. The van der Waals surface area contributed by atoms with Gasteiger partial charge >= 0.3 is 18.0 Å². The summed E-state index contributed by atoms with van der Waals surface area (Å²) in [7, 11) is 2.44. The van der Waals surface area contributed by atoms with Crippen LogP contribution in [0.5, 0.6) is 0 Å². The molecule has 0 saturated heterocycles. The Morgan fingerprint density at radius 3 is 2.42 bits per heavy atom. The second kappa shape index (κ2) is 10.5. The fourth-order valence-electron chi connectivity index (χ4n) is 5.08. The first-order valence-electron chi connectivity index (χ1n) is 12.1. The second-order valence-corrected chi connectivity index (χ2v) is 9.05. The molecular weight excluding hydrogens is 523 g/mol. The van der Waals surface area contributed by atoms with E-state index in [0.29, 0.717) is 11.3 Å². The number of fused-ring (bicyclic) bond motifs is 3. The van der Waals surface area contributed by atoms with Crippen LogP contribution in [0.1, 0.15) is 33.2 Å². The van der Waals surface area contributed by atoms with Crippen LogP contribution in [-0.2, 0) is 20.7 Å². The van der Waals surface area contributed by atoms with Crippen molar-refractivity contribution in [2.24, 2.45) is 0 Å². The van der Waals surface area contributed by atoms with Crippen molar-refractivity contribution in [2.45, 2.75) is 18.5 Å². The molecule has 12 heteroatoms. The molecule has 0 bridgehead atoms. The number of nitro benzene ring substituents is 1. The average molecular weight is 547 g/mol. The Balaban J connectivity index is 1.69. The van der Waals surface area contributed by atoms with E-state index in [0.717, 1.165) is 34.7 Å². The van der Waals surface area contributed by atoms with Crippen molar-refractivity contribution >= 4 is 40.2 Å². The third kappa shape index (κ3) is 4.49. The van der Waals surface area contributed by atoms with Crippen LogP contribution in [0.4, 0.5) is 20.6 Å². The van der Waals surface area contributed by atoms with Crippen LogP contribution in [0.25, 0.3) is 10.9 Å². The Hall–Kier alpha value is -5.26. The quantitative estimate of drug-likeness (QED) is 0.209. The predicted octanol–water partition coefficient (Wildman–Crippen LogP) is 4.72. The number of hydrogen-bond donors (Lipinski definition) is 2. The van der Waals surface area contributed by atoms with E-state index < -0.39 is 52.2 Å². The molecule has 1 aromatic heterocycles. The molecule has 2 atom stereocenters. The number of nitro groups is 1. The van der Waals surface area contributed by atoms with Gasteiger partial charge in [0.25, 0.3) is 5.69 Å². The number of rotatable bonds is 5. The number of nitrogens with one attached hydrogen (secondary N) is 2. The average Bonchev–Trinajstić information content (AvgIpc) is 3.34. The maximum Gasteiger partial charge on any atom is 0.337 e.